The van der Waals surface area contributed by atoms with Crippen LogP contribution in [0.5, 0.6) is 5.75 Å². The second-order valence-corrected chi connectivity index (χ2v) is 8.43. The van der Waals surface area contributed by atoms with E-state index in [4.69, 9.17) is 9.72 Å². The number of aryl methyl sites for hydroxylation is 3. The van der Waals surface area contributed by atoms with Crippen molar-refractivity contribution in [1.82, 2.24) is 19.7 Å². The van der Waals surface area contributed by atoms with E-state index in [2.05, 4.69) is 58.6 Å². The number of nitrogens with zero attached hydrogens (tertiary/aromatic N) is 5. The smallest absolute Gasteiger partial charge is 0.227 e. The standard InChI is InChI=1S/C25H31N5O/c1-17-11-13-29(16-19(17)3)25-28-27-24(22-8-6-7-20(4)26-22)30(25)14-12-21-10-9-18(2)23(15-21)31-5/h6-10,15H,11-14,16H2,1-5H3. The highest BCUT2D eigenvalue weighted by Crippen LogP contribution is 2.27. The number of aromatic nitrogens is 4. The third kappa shape index (κ3) is 4.48. The van der Waals surface area contributed by atoms with Crippen molar-refractivity contribution in [3.8, 4) is 17.3 Å². The van der Waals surface area contributed by atoms with E-state index in [1.165, 1.54) is 16.7 Å². The van der Waals surface area contributed by atoms with Crippen molar-refractivity contribution in [3.05, 3.63) is 64.4 Å². The van der Waals surface area contributed by atoms with E-state index in [1.54, 1.807) is 7.11 Å². The van der Waals surface area contributed by atoms with E-state index in [1.807, 2.05) is 25.1 Å². The summed E-state index contributed by atoms with van der Waals surface area (Å²) in [5.41, 5.74) is 7.11. The van der Waals surface area contributed by atoms with Crippen LogP contribution in [0.2, 0.25) is 0 Å². The van der Waals surface area contributed by atoms with Crippen molar-refractivity contribution in [3.63, 3.8) is 0 Å². The fourth-order valence-corrected chi connectivity index (χ4v) is 4.04. The Kier molecular flexibility index (Phi) is 6.07. The fourth-order valence-electron chi connectivity index (χ4n) is 4.04. The first-order valence-electron chi connectivity index (χ1n) is 10.9. The first-order chi connectivity index (χ1) is 15.0. The molecule has 162 valence electrons. The monoisotopic (exact) mass is 417 g/mol. The molecule has 0 bridgehead atoms. The predicted octanol–water partition coefficient (Wildman–Crippen LogP) is 4.75. The maximum Gasteiger partial charge on any atom is 0.227 e. The van der Waals surface area contributed by atoms with Crippen LogP contribution in [-0.2, 0) is 13.0 Å². The first kappa shape index (κ1) is 21.1. The molecule has 0 saturated carbocycles. The van der Waals surface area contributed by atoms with E-state index in [-0.39, 0.29) is 0 Å². The van der Waals surface area contributed by atoms with Crippen LogP contribution < -0.4 is 9.64 Å². The molecule has 3 heterocycles. The quantitative estimate of drug-likeness (QED) is 0.542. The average molecular weight is 418 g/mol. The van der Waals surface area contributed by atoms with Crippen molar-refractivity contribution >= 4 is 5.95 Å². The van der Waals surface area contributed by atoms with Crippen molar-refractivity contribution < 1.29 is 4.74 Å². The number of ether oxygens (including phenoxy) is 1. The van der Waals surface area contributed by atoms with Crippen LogP contribution in [-0.4, -0.2) is 39.9 Å². The number of benzene rings is 1. The Balaban J connectivity index is 1.68. The summed E-state index contributed by atoms with van der Waals surface area (Å²) in [5.74, 6) is 2.67. The molecule has 4 rings (SSSR count). The third-order valence-electron chi connectivity index (χ3n) is 6.14. The van der Waals surface area contributed by atoms with Gasteiger partial charge in [0.2, 0.25) is 5.95 Å². The maximum atomic E-state index is 5.51. The Morgan fingerprint density at radius 1 is 1.00 bits per heavy atom. The van der Waals surface area contributed by atoms with Crippen LogP contribution in [0.25, 0.3) is 11.5 Å². The summed E-state index contributed by atoms with van der Waals surface area (Å²) in [6.45, 7) is 11.1. The van der Waals surface area contributed by atoms with Crippen LogP contribution in [0.3, 0.4) is 0 Å². The molecule has 0 atom stereocenters. The van der Waals surface area contributed by atoms with Crippen molar-refractivity contribution in [1.29, 1.82) is 0 Å². The molecule has 0 spiro atoms. The molecule has 1 aliphatic heterocycles. The minimum absolute atomic E-state index is 0.776. The van der Waals surface area contributed by atoms with Gasteiger partial charge in [-0.25, -0.2) is 4.98 Å². The molecule has 1 aromatic carbocycles. The van der Waals surface area contributed by atoms with E-state index in [0.29, 0.717) is 0 Å². The van der Waals surface area contributed by atoms with Gasteiger partial charge in [0.15, 0.2) is 5.82 Å². The van der Waals surface area contributed by atoms with E-state index >= 15 is 0 Å². The zero-order chi connectivity index (χ0) is 22.0. The zero-order valence-corrected chi connectivity index (χ0v) is 19.1. The SMILES string of the molecule is COc1cc(CCn2c(-c3cccc(C)n3)nnc2N2CCC(C)=C(C)C2)ccc1C. The van der Waals surface area contributed by atoms with Gasteiger partial charge in [-0.1, -0.05) is 29.3 Å². The molecule has 0 fully saturated rings. The van der Waals surface area contributed by atoms with E-state index < -0.39 is 0 Å². The number of pyridine rings is 1. The summed E-state index contributed by atoms with van der Waals surface area (Å²) in [6.07, 6.45) is 1.92. The zero-order valence-electron chi connectivity index (χ0n) is 19.1. The summed E-state index contributed by atoms with van der Waals surface area (Å²) < 4.78 is 7.74. The van der Waals surface area contributed by atoms with Crippen LogP contribution in [0.1, 0.15) is 37.1 Å². The molecule has 1 aliphatic rings. The molecular weight excluding hydrogens is 386 g/mol. The first-order valence-corrected chi connectivity index (χ1v) is 10.9. The number of hydrogen-bond acceptors (Lipinski definition) is 5. The van der Waals surface area contributed by atoms with E-state index in [0.717, 1.165) is 66.9 Å². The highest BCUT2D eigenvalue weighted by atomic mass is 16.5. The lowest BCUT2D eigenvalue weighted by molar-refractivity contribution is 0.411. The molecule has 0 aliphatic carbocycles. The van der Waals surface area contributed by atoms with Gasteiger partial charge < -0.3 is 9.64 Å². The Bertz CT molecular complexity index is 1110. The second-order valence-electron chi connectivity index (χ2n) is 8.43. The number of methoxy groups -OCH3 is 1. The van der Waals surface area contributed by atoms with Gasteiger partial charge in [0.1, 0.15) is 11.4 Å². The summed E-state index contributed by atoms with van der Waals surface area (Å²) in [6, 6.07) is 12.5. The van der Waals surface area contributed by atoms with Gasteiger partial charge in [-0.3, -0.25) is 4.57 Å². The van der Waals surface area contributed by atoms with Crippen LogP contribution in [0.15, 0.2) is 47.5 Å². The lowest BCUT2D eigenvalue weighted by atomic mass is 10.0. The normalized spacial score (nSPS) is 14.3. The summed E-state index contributed by atoms with van der Waals surface area (Å²) in [7, 11) is 1.72. The molecule has 6 nitrogen and oxygen atoms in total. The van der Waals surface area contributed by atoms with Crippen molar-refractivity contribution in [2.75, 3.05) is 25.1 Å². The Hall–Kier alpha value is -3.15. The lowest BCUT2D eigenvalue weighted by Crippen LogP contribution is -2.33. The van der Waals surface area contributed by atoms with Crippen LogP contribution >= 0.6 is 0 Å². The van der Waals surface area contributed by atoms with Crippen LogP contribution in [0, 0.1) is 13.8 Å². The van der Waals surface area contributed by atoms with Crippen molar-refractivity contribution in [2.45, 2.75) is 47.1 Å². The average Bonchev–Trinajstić information content (AvgIpc) is 3.19. The molecule has 31 heavy (non-hydrogen) atoms. The molecule has 2 aromatic heterocycles. The summed E-state index contributed by atoms with van der Waals surface area (Å²) in [4.78, 5) is 7.05. The number of hydrogen-bond donors (Lipinski definition) is 0. The Morgan fingerprint density at radius 2 is 1.84 bits per heavy atom. The Labute approximate surface area is 184 Å². The molecule has 0 radical (unpaired) electrons. The van der Waals surface area contributed by atoms with Gasteiger partial charge >= 0.3 is 0 Å². The van der Waals surface area contributed by atoms with Gasteiger partial charge in [-0.15, -0.1) is 10.2 Å². The maximum absolute atomic E-state index is 5.51. The molecule has 6 heteroatoms. The van der Waals surface area contributed by atoms with Gasteiger partial charge in [-0.2, -0.15) is 0 Å². The fraction of sp³-hybridized carbons (Fsp3) is 0.400. The van der Waals surface area contributed by atoms with Gasteiger partial charge in [0, 0.05) is 25.3 Å². The summed E-state index contributed by atoms with van der Waals surface area (Å²) in [5, 5.41) is 9.19. The highest BCUT2D eigenvalue weighted by Gasteiger charge is 2.23. The summed E-state index contributed by atoms with van der Waals surface area (Å²) >= 11 is 0. The molecular formula is C25H31N5O. The molecule has 0 saturated heterocycles. The minimum Gasteiger partial charge on any atom is -0.496 e. The van der Waals surface area contributed by atoms with Gasteiger partial charge in [0.05, 0.1) is 7.11 Å². The largest absolute Gasteiger partial charge is 0.496 e. The van der Waals surface area contributed by atoms with Crippen LogP contribution in [0.4, 0.5) is 5.95 Å². The molecule has 0 amide bonds. The highest BCUT2D eigenvalue weighted by molar-refractivity contribution is 5.54. The number of rotatable bonds is 6. The predicted molar refractivity (Wildman–Crippen MR) is 125 cm³/mol. The third-order valence-corrected chi connectivity index (χ3v) is 6.14. The lowest BCUT2D eigenvalue weighted by Gasteiger charge is -2.29. The van der Waals surface area contributed by atoms with Gasteiger partial charge in [-0.05, 0) is 69.9 Å². The topological polar surface area (TPSA) is 56.1 Å². The number of anilines is 1. The minimum atomic E-state index is 0.776. The molecule has 0 N–H and O–H groups in total. The molecule has 3 aromatic rings. The Morgan fingerprint density at radius 3 is 2.58 bits per heavy atom. The van der Waals surface area contributed by atoms with Gasteiger partial charge in [0.25, 0.3) is 0 Å². The van der Waals surface area contributed by atoms with Crippen molar-refractivity contribution in [2.24, 2.45) is 0 Å². The molecule has 0 unspecified atom stereocenters. The van der Waals surface area contributed by atoms with E-state index in [9.17, 15) is 0 Å². The second kappa shape index (κ2) is 8.92.